The third-order valence-corrected chi connectivity index (χ3v) is 6.16. The van der Waals surface area contributed by atoms with Crippen LogP contribution in [0.5, 0.6) is 0 Å². The van der Waals surface area contributed by atoms with E-state index >= 15 is 0 Å². The summed E-state index contributed by atoms with van der Waals surface area (Å²) in [7, 11) is 0. The van der Waals surface area contributed by atoms with Crippen molar-refractivity contribution >= 4 is 22.7 Å². The summed E-state index contributed by atoms with van der Waals surface area (Å²) in [5, 5.41) is 3.94. The first-order chi connectivity index (χ1) is 15.3. The van der Waals surface area contributed by atoms with Gasteiger partial charge in [0, 0.05) is 32.4 Å². The van der Waals surface area contributed by atoms with E-state index in [9.17, 15) is 22.0 Å². The van der Waals surface area contributed by atoms with Crippen molar-refractivity contribution in [2.75, 3.05) is 36.0 Å². The van der Waals surface area contributed by atoms with Crippen molar-refractivity contribution < 1.29 is 22.0 Å². The summed E-state index contributed by atoms with van der Waals surface area (Å²) < 4.78 is 67.0. The molecule has 1 unspecified atom stereocenters. The van der Waals surface area contributed by atoms with Crippen LogP contribution in [-0.2, 0) is 12.7 Å². The van der Waals surface area contributed by atoms with Crippen molar-refractivity contribution in [2.24, 2.45) is 11.8 Å². The number of hydrogen-bond donors (Lipinski definition) is 0. The van der Waals surface area contributed by atoms with Crippen LogP contribution in [0.1, 0.15) is 12.1 Å². The molecule has 5 rings (SSSR count). The minimum absolute atomic E-state index is 0.109. The SMILES string of the molecule is FC(F)Cn1ncc2ncc(N3CC[C@@H]4CN(c5cccnc5C(F)(F)F)CC4C3)nc21. The van der Waals surface area contributed by atoms with Crippen molar-refractivity contribution in [3.05, 3.63) is 36.4 Å². The maximum atomic E-state index is 13.4. The average molecular weight is 453 g/mol. The number of fused-ring (bicyclic) bond motifs is 2. The van der Waals surface area contributed by atoms with Crippen molar-refractivity contribution in [1.82, 2.24) is 24.7 Å². The van der Waals surface area contributed by atoms with E-state index in [0.717, 1.165) is 17.3 Å². The summed E-state index contributed by atoms with van der Waals surface area (Å²) in [4.78, 5) is 16.2. The van der Waals surface area contributed by atoms with Gasteiger partial charge in [-0.2, -0.15) is 18.3 Å². The summed E-state index contributed by atoms with van der Waals surface area (Å²) in [6, 6.07) is 2.99. The first-order valence-electron chi connectivity index (χ1n) is 10.3. The fraction of sp³-hybridized carbons (Fsp3) is 0.500. The summed E-state index contributed by atoms with van der Waals surface area (Å²) >= 11 is 0. The number of aromatic nitrogens is 5. The Hall–Kier alpha value is -3.05. The van der Waals surface area contributed by atoms with E-state index in [1.807, 2.05) is 4.90 Å². The molecule has 0 amide bonds. The number of alkyl halides is 5. The first kappa shape index (κ1) is 20.8. The topological polar surface area (TPSA) is 63.0 Å². The Morgan fingerprint density at radius 1 is 1.03 bits per heavy atom. The monoisotopic (exact) mass is 453 g/mol. The lowest BCUT2D eigenvalue weighted by atomic mass is 9.89. The molecule has 7 nitrogen and oxygen atoms in total. The molecular weight excluding hydrogens is 433 g/mol. The highest BCUT2D eigenvalue weighted by atomic mass is 19.4. The molecule has 12 heteroatoms. The summed E-state index contributed by atoms with van der Waals surface area (Å²) in [5.74, 6) is 0.963. The van der Waals surface area contributed by atoms with Crippen LogP contribution in [0.4, 0.5) is 33.5 Å². The highest BCUT2D eigenvalue weighted by Gasteiger charge is 2.42. The second kappa shape index (κ2) is 7.82. The Labute approximate surface area is 179 Å². The Morgan fingerprint density at radius 3 is 2.59 bits per heavy atom. The van der Waals surface area contributed by atoms with E-state index in [1.165, 1.54) is 18.3 Å². The number of anilines is 2. The number of halogens is 5. The van der Waals surface area contributed by atoms with Crippen molar-refractivity contribution in [3.63, 3.8) is 0 Å². The van der Waals surface area contributed by atoms with Crippen LogP contribution in [0.2, 0.25) is 0 Å². The van der Waals surface area contributed by atoms with E-state index in [-0.39, 0.29) is 17.5 Å². The van der Waals surface area contributed by atoms with Crippen LogP contribution >= 0.6 is 0 Å². The standard InChI is InChI=1S/C20H20F5N7/c21-16(22)11-32-19-14(6-28-32)27-7-17(29-19)30-5-3-12-8-31(10-13(12)9-30)15-2-1-4-26-18(15)20(23,24)25/h1-2,4,6-7,12-13,16H,3,5,8-11H2/t12-,13?/m1/s1. The normalized spacial score (nSPS) is 21.6. The third-order valence-electron chi connectivity index (χ3n) is 6.16. The molecular formula is C20H20F5N7. The molecule has 2 aliphatic rings. The molecule has 32 heavy (non-hydrogen) atoms. The highest BCUT2D eigenvalue weighted by molar-refractivity contribution is 5.71. The lowest BCUT2D eigenvalue weighted by molar-refractivity contribution is -0.140. The molecule has 170 valence electrons. The zero-order chi connectivity index (χ0) is 22.5. The second-order valence-electron chi connectivity index (χ2n) is 8.18. The molecule has 3 aromatic rings. The van der Waals surface area contributed by atoms with Gasteiger partial charge in [-0.05, 0) is 30.4 Å². The fourth-order valence-corrected chi connectivity index (χ4v) is 4.70. The molecule has 0 bridgehead atoms. The molecule has 2 fully saturated rings. The zero-order valence-electron chi connectivity index (χ0n) is 16.9. The van der Waals surface area contributed by atoms with Crippen LogP contribution in [0.15, 0.2) is 30.7 Å². The van der Waals surface area contributed by atoms with Crippen LogP contribution in [0, 0.1) is 11.8 Å². The van der Waals surface area contributed by atoms with E-state index in [2.05, 4.69) is 20.1 Å². The minimum atomic E-state index is -4.51. The molecule has 0 radical (unpaired) electrons. The molecule has 5 heterocycles. The van der Waals surface area contributed by atoms with Gasteiger partial charge in [0.2, 0.25) is 0 Å². The summed E-state index contributed by atoms with van der Waals surface area (Å²) in [6.07, 6.45) is -2.13. The van der Waals surface area contributed by atoms with Gasteiger partial charge in [0.15, 0.2) is 11.3 Å². The minimum Gasteiger partial charge on any atom is -0.369 e. The quantitative estimate of drug-likeness (QED) is 0.564. The van der Waals surface area contributed by atoms with E-state index in [1.54, 1.807) is 11.1 Å². The highest BCUT2D eigenvalue weighted by Crippen LogP contribution is 2.40. The van der Waals surface area contributed by atoms with Crippen molar-refractivity contribution in [1.29, 1.82) is 0 Å². The van der Waals surface area contributed by atoms with Gasteiger partial charge in [-0.25, -0.2) is 28.4 Å². The number of nitrogens with zero attached hydrogens (tertiary/aromatic N) is 7. The number of hydrogen-bond acceptors (Lipinski definition) is 6. The van der Waals surface area contributed by atoms with Gasteiger partial charge in [0.1, 0.15) is 17.9 Å². The van der Waals surface area contributed by atoms with Crippen LogP contribution in [-0.4, -0.2) is 57.3 Å². The van der Waals surface area contributed by atoms with Gasteiger partial charge >= 0.3 is 6.18 Å². The number of pyridine rings is 1. The molecule has 0 saturated carbocycles. The third kappa shape index (κ3) is 3.82. The maximum Gasteiger partial charge on any atom is 0.435 e. The Kier molecular flexibility index (Phi) is 5.09. The molecule has 2 atom stereocenters. The van der Waals surface area contributed by atoms with E-state index in [4.69, 9.17) is 0 Å². The smallest absolute Gasteiger partial charge is 0.369 e. The van der Waals surface area contributed by atoms with E-state index < -0.39 is 24.8 Å². The molecule has 3 aromatic heterocycles. The van der Waals surface area contributed by atoms with Gasteiger partial charge < -0.3 is 9.80 Å². The predicted molar refractivity (Wildman–Crippen MR) is 107 cm³/mol. The van der Waals surface area contributed by atoms with Crippen LogP contribution in [0.25, 0.3) is 11.2 Å². The lowest BCUT2D eigenvalue weighted by Crippen LogP contribution is -2.40. The van der Waals surface area contributed by atoms with E-state index in [0.29, 0.717) is 43.2 Å². The number of rotatable bonds is 4. The zero-order valence-corrected chi connectivity index (χ0v) is 16.9. The van der Waals surface area contributed by atoms with Crippen molar-refractivity contribution in [2.45, 2.75) is 25.6 Å². The fourth-order valence-electron chi connectivity index (χ4n) is 4.70. The molecule has 0 N–H and O–H groups in total. The van der Waals surface area contributed by atoms with Gasteiger partial charge in [-0.1, -0.05) is 0 Å². The molecule has 2 aliphatic heterocycles. The predicted octanol–water partition coefficient (Wildman–Crippen LogP) is 3.47. The second-order valence-corrected chi connectivity index (χ2v) is 8.18. The van der Waals surface area contributed by atoms with Gasteiger partial charge in [-0.3, -0.25) is 0 Å². The van der Waals surface area contributed by atoms with Gasteiger partial charge in [0.05, 0.1) is 18.1 Å². The maximum absolute atomic E-state index is 13.4. The largest absolute Gasteiger partial charge is 0.435 e. The lowest BCUT2D eigenvalue weighted by Gasteiger charge is -2.34. The van der Waals surface area contributed by atoms with Crippen LogP contribution < -0.4 is 9.80 Å². The van der Waals surface area contributed by atoms with Gasteiger partial charge in [-0.15, -0.1) is 0 Å². The summed E-state index contributed by atoms with van der Waals surface area (Å²) in [5.41, 5.74) is -0.0205. The molecule has 2 saturated heterocycles. The Balaban J connectivity index is 1.35. The van der Waals surface area contributed by atoms with Crippen LogP contribution in [0.3, 0.4) is 0 Å². The Morgan fingerprint density at radius 2 is 1.81 bits per heavy atom. The Bertz CT molecular complexity index is 1120. The van der Waals surface area contributed by atoms with Crippen molar-refractivity contribution in [3.8, 4) is 0 Å². The first-order valence-corrected chi connectivity index (χ1v) is 10.3. The number of piperidine rings is 1. The molecule has 0 aliphatic carbocycles. The summed E-state index contributed by atoms with van der Waals surface area (Å²) in [6.45, 7) is 1.73. The average Bonchev–Trinajstić information content (AvgIpc) is 3.36. The van der Waals surface area contributed by atoms with Gasteiger partial charge in [0.25, 0.3) is 6.43 Å². The molecule has 0 aromatic carbocycles. The molecule has 0 spiro atoms.